The quantitative estimate of drug-likeness (QED) is 0.625. The number of nitro groups is 1. The minimum Gasteiger partial charge on any atom is -0.366 e. The van der Waals surface area contributed by atoms with Gasteiger partial charge in [-0.2, -0.15) is 0 Å². The first kappa shape index (κ1) is 19.8. The topological polar surface area (TPSA) is 88.4 Å². The number of anilines is 2. The molecule has 1 aliphatic heterocycles. The van der Waals surface area contributed by atoms with Crippen molar-refractivity contribution in [1.29, 1.82) is 0 Å². The van der Waals surface area contributed by atoms with Crippen LogP contribution in [0.25, 0.3) is 0 Å². The lowest BCUT2D eigenvalue weighted by atomic mass is 9.98. The number of piperidine rings is 1. The summed E-state index contributed by atoms with van der Waals surface area (Å²) in [6.07, 6.45) is 2.02. The highest BCUT2D eigenvalue weighted by molar-refractivity contribution is 6.05. The molecule has 7 heteroatoms. The molecule has 1 N–H and O–H groups in total. The molecule has 1 aromatic carbocycles. The van der Waals surface area contributed by atoms with Crippen LogP contribution in [-0.4, -0.2) is 28.9 Å². The summed E-state index contributed by atoms with van der Waals surface area (Å²) < 4.78 is 0. The Labute approximate surface area is 164 Å². The highest BCUT2D eigenvalue weighted by atomic mass is 16.6. The first-order valence-corrected chi connectivity index (χ1v) is 9.56. The number of nitrogens with one attached hydrogen (secondary N) is 1. The molecular formula is C21H26N4O3. The fourth-order valence-corrected chi connectivity index (χ4v) is 3.73. The highest BCUT2D eigenvalue weighted by Crippen LogP contribution is 2.32. The molecule has 1 aromatic heterocycles. The zero-order chi connectivity index (χ0) is 20.4. The number of nitrogens with zero attached hydrogens (tertiary/aromatic N) is 3. The minimum atomic E-state index is -0.409. The number of hydrogen-bond donors (Lipinski definition) is 1. The molecule has 1 saturated heterocycles. The van der Waals surface area contributed by atoms with Gasteiger partial charge in [-0.25, -0.2) is 0 Å². The van der Waals surface area contributed by atoms with E-state index in [0.29, 0.717) is 17.3 Å². The first-order chi connectivity index (χ1) is 13.3. The third kappa shape index (κ3) is 4.13. The van der Waals surface area contributed by atoms with Gasteiger partial charge in [0.25, 0.3) is 11.6 Å². The van der Waals surface area contributed by atoms with Gasteiger partial charge in [-0.1, -0.05) is 6.92 Å². The highest BCUT2D eigenvalue weighted by Gasteiger charge is 2.25. The zero-order valence-corrected chi connectivity index (χ0v) is 16.8. The predicted molar refractivity (Wildman–Crippen MR) is 110 cm³/mol. The maximum atomic E-state index is 12.7. The molecule has 1 fully saturated rings. The lowest BCUT2D eigenvalue weighted by Gasteiger charge is -2.31. The van der Waals surface area contributed by atoms with Crippen LogP contribution in [-0.2, 0) is 0 Å². The van der Waals surface area contributed by atoms with Crippen LogP contribution in [0.1, 0.15) is 47.1 Å². The Morgan fingerprint density at radius 1 is 1.21 bits per heavy atom. The van der Waals surface area contributed by atoms with Gasteiger partial charge < -0.3 is 10.2 Å². The SMILES string of the molecule is Cc1cc(C)c(NC(=O)c2ccc(N3CCC(C)CC3)c([N+](=O)[O-])c2)c(C)n1. The Balaban J connectivity index is 1.87. The minimum absolute atomic E-state index is 0.0299. The van der Waals surface area contributed by atoms with Gasteiger partial charge in [0.1, 0.15) is 5.69 Å². The number of carbonyl (C=O) groups is 1. The van der Waals surface area contributed by atoms with Gasteiger partial charge in [-0.15, -0.1) is 0 Å². The number of hydrogen-bond acceptors (Lipinski definition) is 5. The summed E-state index contributed by atoms with van der Waals surface area (Å²) in [4.78, 5) is 30.4. The lowest BCUT2D eigenvalue weighted by molar-refractivity contribution is -0.384. The number of carbonyl (C=O) groups excluding carboxylic acids is 1. The lowest BCUT2D eigenvalue weighted by Crippen LogP contribution is -2.33. The van der Waals surface area contributed by atoms with Crippen LogP contribution in [0.2, 0.25) is 0 Å². The van der Waals surface area contributed by atoms with E-state index in [9.17, 15) is 14.9 Å². The number of nitro benzene ring substituents is 1. The Morgan fingerprint density at radius 3 is 2.50 bits per heavy atom. The van der Waals surface area contributed by atoms with Crippen molar-refractivity contribution in [2.75, 3.05) is 23.3 Å². The van der Waals surface area contributed by atoms with Crippen LogP contribution in [0, 0.1) is 36.8 Å². The molecule has 0 bridgehead atoms. The third-order valence-corrected chi connectivity index (χ3v) is 5.32. The summed E-state index contributed by atoms with van der Waals surface area (Å²) in [5.41, 5.74) is 3.97. The second-order valence-electron chi connectivity index (χ2n) is 7.63. The van der Waals surface area contributed by atoms with E-state index in [0.717, 1.165) is 42.9 Å². The smallest absolute Gasteiger partial charge is 0.293 e. The molecular weight excluding hydrogens is 356 g/mol. The van der Waals surface area contributed by atoms with Crippen LogP contribution < -0.4 is 10.2 Å². The van der Waals surface area contributed by atoms with Crippen molar-refractivity contribution in [3.05, 3.63) is 56.9 Å². The van der Waals surface area contributed by atoms with Gasteiger partial charge >= 0.3 is 0 Å². The second-order valence-corrected chi connectivity index (χ2v) is 7.63. The second kappa shape index (κ2) is 7.96. The van der Waals surface area contributed by atoms with E-state index in [-0.39, 0.29) is 17.2 Å². The van der Waals surface area contributed by atoms with Crippen molar-refractivity contribution in [2.24, 2.45) is 5.92 Å². The number of pyridine rings is 1. The average molecular weight is 382 g/mol. The standard InChI is InChI=1S/C21H26N4O3/c1-13-7-9-24(10-8-13)18-6-5-17(12-19(18)25(27)28)21(26)23-20-14(2)11-15(3)22-16(20)4/h5-6,11-13H,7-10H2,1-4H3,(H,23,26). The third-order valence-electron chi connectivity index (χ3n) is 5.32. The number of aromatic nitrogens is 1. The van der Waals surface area contributed by atoms with E-state index in [4.69, 9.17) is 0 Å². The van der Waals surface area contributed by atoms with Crippen LogP contribution in [0.4, 0.5) is 17.1 Å². The molecule has 0 saturated carbocycles. The van der Waals surface area contributed by atoms with E-state index >= 15 is 0 Å². The molecule has 2 heterocycles. The number of amides is 1. The molecule has 0 spiro atoms. The number of rotatable bonds is 4. The molecule has 1 amide bonds. The first-order valence-electron chi connectivity index (χ1n) is 9.56. The summed E-state index contributed by atoms with van der Waals surface area (Å²) in [6, 6.07) is 6.61. The maximum Gasteiger partial charge on any atom is 0.293 e. The average Bonchev–Trinajstić information content (AvgIpc) is 2.64. The van der Waals surface area contributed by atoms with Gasteiger partial charge in [0.05, 0.1) is 16.3 Å². The fraction of sp³-hybridized carbons (Fsp3) is 0.429. The molecule has 28 heavy (non-hydrogen) atoms. The molecule has 0 atom stereocenters. The van der Waals surface area contributed by atoms with Gasteiger partial charge in [-0.05, 0) is 63.3 Å². The Morgan fingerprint density at radius 2 is 1.89 bits per heavy atom. The van der Waals surface area contributed by atoms with Gasteiger partial charge in [0, 0.05) is 30.4 Å². The van der Waals surface area contributed by atoms with E-state index in [2.05, 4.69) is 17.2 Å². The summed E-state index contributed by atoms with van der Waals surface area (Å²) in [7, 11) is 0. The maximum absolute atomic E-state index is 12.7. The molecule has 2 aromatic rings. The number of benzene rings is 1. The Bertz CT molecular complexity index is 895. The van der Waals surface area contributed by atoms with E-state index in [1.807, 2.05) is 31.7 Å². The Hall–Kier alpha value is -2.96. The molecule has 148 valence electrons. The normalized spacial score (nSPS) is 14.8. The van der Waals surface area contributed by atoms with E-state index in [1.54, 1.807) is 12.1 Å². The van der Waals surface area contributed by atoms with Crippen molar-refractivity contribution in [3.8, 4) is 0 Å². The summed E-state index contributed by atoms with van der Waals surface area (Å²) >= 11 is 0. The van der Waals surface area contributed by atoms with Crippen LogP contribution in [0.3, 0.4) is 0 Å². The summed E-state index contributed by atoms with van der Waals surface area (Å²) in [6.45, 7) is 9.42. The number of aryl methyl sites for hydroxylation is 3. The molecule has 1 aliphatic rings. The van der Waals surface area contributed by atoms with Crippen molar-refractivity contribution >= 4 is 23.0 Å². The van der Waals surface area contributed by atoms with Crippen molar-refractivity contribution in [2.45, 2.75) is 40.5 Å². The van der Waals surface area contributed by atoms with Crippen molar-refractivity contribution in [3.63, 3.8) is 0 Å². The van der Waals surface area contributed by atoms with E-state index in [1.165, 1.54) is 6.07 Å². The fourth-order valence-electron chi connectivity index (χ4n) is 3.73. The Kier molecular flexibility index (Phi) is 5.63. The van der Waals surface area contributed by atoms with Gasteiger partial charge in [0.15, 0.2) is 0 Å². The van der Waals surface area contributed by atoms with Gasteiger partial charge in [-0.3, -0.25) is 19.9 Å². The molecule has 0 aliphatic carbocycles. The van der Waals surface area contributed by atoms with Crippen LogP contribution in [0.5, 0.6) is 0 Å². The summed E-state index contributed by atoms with van der Waals surface area (Å²) in [5.74, 6) is 0.258. The monoisotopic (exact) mass is 382 g/mol. The van der Waals surface area contributed by atoms with Crippen LogP contribution in [0.15, 0.2) is 24.3 Å². The zero-order valence-electron chi connectivity index (χ0n) is 16.8. The molecule has 0 radical (unpaired) electrons. The van der Waals surface area contributed by atoms with Gasteiger partial charge in [0.2, 0.25) is 0 Å². The molecule has 3 rings (SSSR count). The van der Waals surface area contributed by atoms with Crippen LogP contribution >= 0.6 is 0 Å². The van der Waals surface area contributed by atoms with Crippen molar-refractivity contribution in [1.82, 2.24) is 4.98 Å². The van der Waals surface area contributed by atoms with Crippen molar-refractivity contribution < 1.29 is 9.72 Å². The molecule has 7 nitrogen and oxygen atoms in total. The predicted octanol–water partition coefficient (Wildman–Crippen LogP) is 4.40. The largest absolute Gasteiger partial charge is 0.366 e. The summed E-state index contributed by atoms with van der Waals surface area (Å²) in [5, 5.41) is 14.5. The van der Waals surface area contributed by atoms with E-state index < -0.39 is 4.92 Å². The molecule has 0 unspecified atom stereocenters.